The standard InChI is InChI=1S/C14H10BrClN4O/c15-8-5-11(13(16)18-6-8)20-14(21)12-4-7-3-9(17)1-2-10(7)19-12/h1-6,19H,17H2,(H,20,21). The Labute approximate surface area is 133 Å². The number of aromatic amines is 1. The zero-order valence-corrected chi connectivity index (χ0v) is 13.0. The average molecular weight is 366 g/mol. The van der Waals surface area contributed by atoms with Crippen LogP contribution >= 0.6 is 27.5 Å². The maximum atomic E-state index is 12.3. The number of carbonyl (C=O) groups excluding carboxylic acids is 1. The lowest BCUT2D eigenvalue weighted by Gasteiger charge is -2.05. The van der Waals surface area contributed by atoms with E-state index in [4.69, 9.17) is 17.3 Å². The molecule has 0 unspecified atom stereocenters. The van der Waals surface area contributed by atoms with Crippen LogP contribution in [0, 0.1) is 0 Å². The van der Waals surface area contributed by atoms with E-state index in [0.29, 0.717) is 17.1 Å². The van der Waals surface area contributed by atoms with Crippen molar-refractivity contribution >= 4 is 55.7 Å². The minimum absolute atomic E-state index is 0.229. The second kappa shape index (κ2) is 5.38. The topological polar surface area (TPSA) is 83.8 Å². The fourth-order valence-electron chi connectivity index (χ4n) is 1.97. The van der Waals surface area contributed by atoms with E-state index in [1.807, 2.05) is 6.07 Å². The fraction of sp³-hybridized carbons (Fsp3) is 0. The van der Waals surface area contributed by atoms with E-state index in [2.05, 4.69) is 31.2 Å². The molecular weight excluding hydrogens is 356 g/mol. The first-order chi connectivity index (χ1) is 10.0. The highest BCUT2D eigenvalue weighted by Gasteiger charge is 2.12. The fourth-order valence-corrected chi connectivity index (χ4v) is 2.46. The van der Waals surface area contributed by atoms with E-state index >= 15 is 0 Å². The summed E-state index contributed by atoms with van der Waals surface area (Å²) in [5.41, 5.74) is 8.07. The largest absolute Gasteiger partial charge is 0.399 e. The SMILES string of the molecule is Nc1ccc2[nH]c(C(=O)Nc3cc(Br)cnc3Cl)cc2c1. The van der Waals surface area contributed by atoms with Crippen molar-refractivity contribution in [3.63, 3.8) is 0 Å². The normalized spacial score (nSPS) is 10.8. The number of halogens is 2. The first-order valence-corrected chi connectivity index (χ1v) is 7.20. The van der Waals surface area contributed by atoms with Crippen molar-refractivity contribution in [2.24, 2.45) is 0 Å². The predicted octanol–water partition coefficient (Wildman–Crippen LogP) is 3.81. The molecule has 0 saturated carbocycles. The number of nitrogens with one attached hydrogen (secondary N) is 2. The summed E-state index contributed by atoms with van der Waals surface area (Å²) in [6.45, 7) is 0. The molecule has 0 aliphatic rings. The van der Waals surface area contributed by atoms with Gasteiger partial charge in [-0.15, -0.1) is 0 Å². The summed E-state index contributed by atoms with van der Waals surface area (Å²) < 4.78 is 0.728. The number of amides is 1. The molecule has 5 nitrogen and oxygen atoms in total. The van der Waals surface area contributed by atoms with Gasteiger partial charge >= 0.3 is 0 Å². The second-order valence-electron chi connectivity index (χ2n) is 4.48. The number of carbonyl (C=O) groups is 1. The van der Waals surface area contributed by atoms with Gasteiger partial charge in [-0.1, -0.05) is 11.6 Å². The summed E-state index contributed by atoms with van der Waals surface area (Å²) in [5.74, 6) is -0.299. The highest BCUT2D eigenvalue weighted by atomic mass is 79.9. The number of hydrogen-bond donors (Lipinski definition) is 3. The number of H-pyrrole nitrogens is 1. The van der Waals surface area contributed by atoms with Crippen LogP contribution in [0.15, 0.2) is 41.0 Å². The van der Waals surface area contributed by atoms with Crippen LogP contribution in [0.3, 0.4) is 0 Å². The third-order valence-corrected chi connectivity index (χ3v) is 3.68. The van der Waals surface area contributed by atoms with Gasteiger partial charge in [-0.2, -0.15) is 0 Å². The molecule has 0 aliphatic heterocycles. The van der Waals surface area contributed by atoms with E-state index in [9.17, 15) is 4.79 Å². The van der Waals surface area contributed by atoms with Crippen LogP contribution in [0.1, 0.15) is 10.5 Å². The number of aromatic nitrogens is 2. The van der Waals surface area contributed by atoms with E-state index in [-0.39, 0.29) is 11.1 Å². The molecule has 2 aromatic heterocycles. The molecule has 0 aliphatic carbocycles. The first-order valence-electron chi connectivity index (χ1n) is 6.03. The summed E-state index contributed by atoms with van der Waals surface area (Å²) in [7, 11) is 0. The van der Waals surface area contributed by atoms with Crippen molar-refractivity contribution in [1.29, 1.82) is 0 Å². The van der Waals surface area contributed by atoms with Gasteiger partial charge in [-0.05, 0) is 46.3 Å². The zero-order valence-electron chi connectivity index (χ0n) is 10.7. The van der Waals surface area contributed by atoms with Crippen LogP contribution in [0.5, 0.6) is 0 Å². The van der Waals surface area contributed by atoms with Crippen LogP contribution < -0.4 is 11.1 Å². The van der Waals surface area contributed by atoms with Crippen LogP contribution in [0.25, 0.3) is 10.9 Å². The van der Waals surface area contributed by atoms with Crippen molar-refractivity contribution in [1.82, 2.24) is 9.97 Å². The molecule has 106 valence electrons. The lowest BCUT2D eigenvalue weighted by molar-refractivity contribution is 0.102. The Bertz CT molecular complexity index is 846. The Kier molecular flexibility index (Phi) is 3.57. The molecule has 1 aromatic carbocycles. The predicted molar refractivity (Wildman–Crippen MR) is 87.6 cm³/mol. The van der Waals surface area contributed by atoms with E-state index in [1.54, 1.807) is 30.5 Å². The Morgan fingerprint density at radius 3 is 2.95 bits per heavy atom. The zero-order chi connectivity index (χ0) is 15.0. The summed E-state index contributed by atoms with van der Waals surface area (Å²) in [6.07, 6.45) is 1.56. The van der Waals surface area contributed by atoms with Crippen LogP contribution in [-0.2, 0) is 0 Å². The summed E-state index contributed by atoms with van der Waals surface area (Å²) in [5, 5.41) is 3.82. The van der Waals surface area contributed by atoms with E-state index in [1.165, 1.54) is 0 Å². The molecule has 0 radical (unpaired) electrons. The van der Waals surface area contributed by atoms with Crippen molar-refractivity contribution < 1.29 is 4.79 Å². The second-order valence-corrected chi connectivity index (χ2v) is 5.75. The average Bonchev–Trinajstić information content (AvgIpc) is 2.86. The van der Waals surface area contributed by atoms with Gasteiger partial charge in [0.2, 0.25) is 0 Å². The summed E-state index contributed by atoms with van der Waals surface area (Å²) in [6, 6.07) is 8.83. The smallest absolute Gasteiger partial charge is 0.272 e. The highest BCUT2D eigenvalue weighted by molar-refractivity contribution is 9.10. The van der Waals surface area contributed by atoms with Gasteiger partial charge in [0.05, 0.1) is 5.69 Å². The molecule has 0 atom stereocenters. The first kappa shape index (κ1) is 13.9. The number of hydrogen-bond acceptors (Lipinski definition) is 3. The monoisotopic (exact) mass is 364 g/mol. The van der Waals surface area contributed by atoms with Crippen LogP contribution in [-0.4, -0.2) is 15.9 Å². The van der Waals surface area contributed by atoms with Crippen molar-refractivity contribution in [3.05, 3.63) is 51.8 Å². The number of nitrogen functional groups attached to an aromatic ring is 1. The highest BCUT2D eigenvalue weighted by Crippen LogP contribution is 2.24. The van der Waals surface area contributed by atoms with Gasteiger partial charge < -0.3 is 16.0 Å². The molecule has 1 amide bonds. The molecule has 0 fully saturated rings. The maximum Gasteiger partial charge on any atom is 0.272 e. The number of anilines is 2. The lowest BCUT2D eigenvalue weighted by Crippen LogP contribution is -2.12. The Hall–Kier alpha value is -2.05. The molecule has 7 heteroatoms. The van der Waals surface area contributed by atoms with Crippen LogP contribution in [0.2, 0.25) is 5.15 Å². The summed E-state index contributed by atoms with van der Waals surface area (Å²) in [4.78, 5) is 19.2. The Balaban J connectivity index is 1.91. The van der Waals surface area contributed by atoms with Crippen molar-refractivity contribution in [2.75, 3.05) is 11.1 Å². The minimum atomic E-state index is -0.299. The van der Waals surface area contributed by atoms with Gasteiger partial charge in [0, 0.05) is 27.3 Å². The number of nitrogens with two attached hydrogens (primary N) is 1. The van der Waals surface area contributed by atoms with Gasteiger partial charge in [-0.25, -0.2) is 4.98 Å². The third kappa shape index (κ3) is 2.86. The Morgan fingerprint density at radius 2 is 2.14 bits per heavy atom. The molecule has 21 heavy (non-hydrogen) atoms. The quantitative estimate of drug-likeness (QED) is 0.477. The van der Waals surface area contributed by atoms with E-state index in [0.717, 1.165) is 15.4 Å². The molecule has 0 spiro atoms. The number of fused-ring (bicyclic) bond motifs is 1. The Morgan fingerprint density at radius 1 is 1.33 bits per heavy atom. The third-order valence-electron chi connectivity index (χ3n) is 2.94. The van der Waals surface area contributed by atoms with Gasteiger partial charge in [-0.3, -0.25) is 4.79 Å². The molecule has 3 aromatic rings. The van der Waals surface area contributed by atoms with Crippen molar-refractivity contribution in [3.8, 4) is 0 Å². The molecule has 0 bridgehead atoms. The van der Waals surface area contributed by atoms with Gasteiger partial charge in [0.1, 0.15) is 5.69 Å². The van der Waals surface area contributed by atoms with Crippen LogP contribution in [0.4, 0.5) is 11.4 Å². The van der Waals surface area contributed by atoms with E-state index < -0.39 is 0 Å². The minimum Gasteiger partial charge on any atom is -0.399 e. The number of benzene rings is 1. The van der Waals surface area contributed by atoms with Gasteiger partial charge in [0.15, 0.2) is 5.15 Å². The molecular formula is C14H10BrClN4O. The maximum absolute atomic E-state index is 12.3. The molecule has 0 saturated heterocycles. The number of pyridine rings is 1. The summed E-state index contributed by atoms with van der Waals surface area (Å²) >= 11 is 9.24. The molecule has 3 rings (SSSR count). The molecule has 4 N–H and O–H groups in total. The molecule has 2 heterocycles. The van der Waals surface area contributed by atoms with Gasteiger partial charge in [0.25, 0.3) is 5.91 Å². The number of nitrogens with zero attached hydrogens (tertiary/aromatic N) is 1. The van der Waals surface area contributed by atoms with Crippen molar-refractivity contribution in [2.45, 2.75) is 0 Å². The number of rotatable bonds is 2. The lowest BCUT2D eigenvalue weighted by atomic mass is 10.2.